The number of nitrogens with one attached hydrogen (secondary N) is 2. The van der Waals surface area contributed by atoms with Crippen LogP contribution in [0.25, 0.3) is 0 Å². The Balaban J connectivity index is 1.93. The number of nitro groups is 1. The van der Waals surface area contributed by atoms with Gasteiger partial charge in [-0.15, -0.1) is 0 Å². The number of amides is 2. The molecule has 0 unspecified atom stereocenters. The molecule has 0 aliphatic carbocycles. The molecule has 2 rings (SSSR count). The van der Waals surface area contributed by atoms with Crippen LogP contribution in [0.2, 0.25) is 0 Å². The molecule has 1 heterocycles. The van der Waals surface area contributed by atoms with E-state index in [2.05, 4.69) is 31.8 Å². The van der Waals surface area contributed by atoms with Gasteiger partial charge in [-0.2, -0.15) is 5.10 Å². The molecule has 0 aliphatic rings. The second kappa shape index (κ2) is 8.06. The number of hydrogen-bond acceptors (Lipinski definition) is 7. The van der Waals surface area contributed by atoms with Gasteiger partial charge in [0.1, 0.15) is 5.75 Å². The van der Waals surface area contributed by atoms with E-state index in [0.717, 1.165) is 18.3 Å². The first-order valence-corrected chi connectivity index (χ1v) is 7.48. The lowest BCUT2D eigenvalue weighted by Gasteiger charge is -2.03. The Hall–Kier alpha value is -3.21. The lowest BCUT2D eigenvalue weighted by Crippen LogP contribution is -2.34. The minimum absolute atomic E-state index is 0.0287. The lowest BCUT2D eigenvalue weighted by atomic mass is 10.2. The number of nitro benzene ring substituents is 1. The van der Waals surface area contributed by atoms with Crippen molar-refractivity contribution in [3.05, 3.63) is 56.4 Å². The maximum absolute atomic E-state index is 11.6. The van der Waals surface area contributed by atoms with Crippen LogP contribution in [-0.4, -0.2) is 34.6 Å². The van der Waals surface area contributed by atoms with Gasteiger partial charge in [-0.3, -0.25) is 19.7 Å². The van der Waals surface area contributed by atoms with E-state index in [0.29, 0.717) is 0 Å². The average molecular weight is 411 g/mol. The molecule has 0 radical (unpaired) electrons. The standard InChI is InChI=1S/C14H11BrN4O6/c15-10-5-9(19(23)24)4-8(13(10)21)6-17-18-12(20)7-16-14(22)11-2-1-3-25-11/h1-6,21H,7H2,(H,16,22)(H,18,20)/b17-6-. The fraction of sp³-hybridized carbons (Fsp3) is 0.0714. The van der Waals surface area contributed by atoms with Gasteiger partial charge in [0.05, 0.1) is 28.4 Å². The number of nitrogens with zero attached hydrogens (tertiary/aromatic N) is 2. The number of rotatable bonds is 6. The van der Waals surface area contributed by atoms with Gasteiger partial charge < -0.3 is 14.8 Å². The molecule has 1 aromatic carbocycles. The van der Waals surface area contributed by atoms with Gasteiger partial charge in [-0.05, 0) is 28.1 Å². The van der Waals surface area contributed by atoms with Crippen LogP contribution in [-0.2, 0) is 4.79 Å². The first-order valence-electron chi connectivity index (χ1n) is 6.69. The van der Waals surface area contributed by atoms with E-state index >= 15 is 0 Å². The second-order valence-corrected chi connectivity index (χ2v) is 5.43. The second-order valence-electron chi connectivity index (χ2n) is 4.58. The van der Waals surface area contributed by atoms with Gasteiger partial charge >= 0.3 is 0 Å². The quantitative estimate of drug-likeness (QED) is 0.373. The Bertz CT molecular complexity index is 834. The van der Waals surface area contributed by atoms with Crippen LogP contribution in [0.5, 0.6) is 5.75 Å². The molecule has 11 heteroatoms. The van der Waals surface area contributed by atoms with Crippen LogP contribution < -0.4 is 10.7 Å². The summed E-state index contributed by atoms with van der Waals surface area (Å²) in [5.41, 5.74) is 1.88. The summed E-state index contributed by atoms with van der Waals surface area (Å²) in [6.07, 6.45) is 2.36. The van der Waals surface area contributed by atoms with E-state index < -0.39 is 16.7 Å². The summed E-state index contributed by atoms with van der Waals surface area (Å²) in [5, 5.41) is 26.5. The Morgan fingerprint density at radius 2 is 2.20 bits per heavy atom. The first-order chi connectivity index (χ1) is 11.9. The van der Waals surface area contributed by atoms with Crippen molar-refractivity contribution in [2.24, 2.45) is 5.10 Å². The molecule has 2 amide bonds. The number of phenols is 1. The third-order valence-corrected chi connectivity index (χ3v) is 3.44. The molecular formula is C14H11BrN4O6. The number of phenolic OH excluding ortho intramolecular Hbond substituents is 1. The van der Waals surface area contributed by atoms with E-state index in [4.69, 9.17) is 4.42 Å². The topological polar surface area (TPSA) is 147 Å². The molecule has 10 nitrogen and oxygen atoms in total. The van der Waals surface area contributed by atoms with Crippen LogP contribution >= 0.6 is 15.9 Å². The largest absolute Gasteiger partial charge is 0.506 e. The summed E-state index contributed by atoms with van der Waals surface area (Å²) in [6, 6.07) is 5.20. The summed E-state index contributed by atoms with van der Waals surface area (Å²) < 4.78 is 4.97. The molecule has 0 aliphatic heterocycles. The molecule has 0 bridgehead atoms. The minimum atomic E-state index is -0.639. The van der Waals surface area contributed by atoms with E-state index in [1.807, 2.05) is 0 Å². The Kier molecular flexibility index (Phi) is 5.84. The highest BCUT2D eigenvalue weighted by atomic mass is 79.9. The zero-order valence-electron chi connectivity index (χ0n) is 12.4. The highest BCUT2D eigenvalue weighted by molar-refractivity contribution is 9.10. The summed E-state index contributed by atoms with van der Waals surface area (Å²) >= 11 is 2.99. The molecule has 1 aromatic heterocycles. The first kappa shape index (κ1) is 18.1. The van der Waals surface area contributed by atoms with Crippen molar-refractivity contribution in [1.29, 1.82) is 0 Å². The maximum atomic E-state index is 11.6. The van der Waals surface area contributed by atoms with Crippen molar-refractivity contribution in [2.75, 3.05) is 6.54 Å². The smallest absolute Gasteiger partial charge is 0.287 e. The molecule has 3 N–H and O–H groups in total. The average Bonchev–Trinajstić information content (AvgIpc) is 3.10. The number of carbonyl (C=O) groups is 2. The van der Waals surface area contributed by atoms with Crippen LogP contribution in [0.1, 0.15) is 16.1 Å². The predicted octanol–water partition coefficient (Wildman–Crippen LogP) is 1.54. The monoisotopic (exact) mass is 410 g/mol. The summed E-state index contributed by atoms with van der Waals surface area (Å²) in [7, 11) is 0. The molecule has 0 saturated carbocycles. The van der Waals surface area contributed by atoms with Crippen molar-refractivity contribution in [2.45, 2.75) is 0 Å². The van der Waals surface area contributed by atoms with Gasteiger partial charge in [0.25, 0.3) is 17.5 Å². The van der Waals surface area contributed by atoms with Crippen LogP contribution in [0.15, 0.2) is 44.5 Å². The molecule has 0 fully saturated rings. The Morgan fingerprint density at radius 1 is 1.44 bits per heavy atom. The molecule has 0 saturated heterocycles. The van der Waals surface area contributed by atoms with Gasteiger partial charge in [-0.25, -0.2) is 5.43 Å². The van der Waals surface area contributed by atoms with Gasteiger partial charge in [0.2, 0.25) is 0 Å². The number of aromatic hydroxyl groups is 1. The van der Waals surface area contributed by atoms with Crippen LogP contribution in [0.4, 0.5) is 5.69 Å². The van der Waals surface area contributed by atoms with Crippen LogP contribution in [0, 0.1) is 10.1 Å². The minimum Gasteiger partial charge on any atom is -0.506 e. The number of furan rings is 1. The predicted molar refractivity (Wildman–Crippen MR) is 89.2 cm³/mol. The lowest BCUT2D eigenvalue weighted by molar-refractivity contribution is -0.385. The number of hydrogen-bond donors (Lipinski definition) is 3. The molecule has 25 heavy (non-hydrogen) atoms. The summed E-state index contributed by atoms with van der Waals surface area (Å²) in [6.45, 7) is -0.360. The fourth-order valence-corrected chi connectivity index (χ4v) is 2.14. The van der Waals surface area contributed by atoms with Crippen LogP contribution in [0.3, 0.4) is 0 Å². The molecule has 2 aromatic rings. The van der Waals surface area contributed by atoms with E-state index in [-0.39, 0.29) is 33.8 Å². The fourth-order valence-electron chi connectivity index (χ4n) is 1.68. The Morgan fingerprint density at radius 3 is 2.84 bits per heavy atom. The maximum Gasteiger partial charge on any atom is 0.287 e. The third kappa shape index (κ3) is 4.88. The van der Waals surface area contributed by atoms with Crippen molar-refractivity contribution in [1.82, 2.24) is 10.7 Å². The number of non-ortho nitro benzene ring substituents is 1. The normalized spacial score (nSPS) is 10.6. The molecule has 0 spiro atoms. The van der Waals surface area contributed by atoms with Crippen molar-refractivity contribution < 1.29 is 24.0 Å². The Labute approximate surface area is 148 Å². The highest BCUT2D eigenvalue weighted by Gasteiger charge is 2.14. The molecule has 0 atom stereocenters. The SMILES string of the molecule is O=C(CNC(=O)c1ccco1)N/N=C\c1cc([N+](=O)[O-])cc(Br)c1O. The van der Waals surface area contributed by atoms with Gasteiger partial charge in [0, 0.05) is 17.7 Å². The van der Waals surface area contributed by atoms with E-state index in [1.54, 1.807) is 0 Å². The van der Waals surface area contributed by atoms with Crippen molar-refractivity contribution >= 4 is 39.6 Å². The molecular weight excluding hydrogens is 400 g/mol. The summed E-state index contributed by atoms with van der Waals surface area (Å²) in [4.78, 5) is 33.3. The number of halogens is 1. The number of hydrazone groups is 1. The van der Waals surface area contributed by atoms with Crippen molar-refractivity contribution in [3.63, 3.8) is 0 Å². The zero-order valence-corrected chi connectivity index (χ0v) is 14.0. The highest BCUT2D eigenvalue weighted by Crippen LogP contribution is 2.31. The molecule has 130 valence electrons. The zero-order chi connectivity index (χ0) is 18.4. The number of benzene rings is 1. The van der Waals surface area contributed by atoms with Gasteiger partial charge in [-0.1, -0.05) is 0 Å². The van der Waals surface area contributed by atoms with E-state index in [9.17, 15) is 24.8 Å². The van der Waals surface area contributed by atoms with Gasteiger partial charge in [0.15, 0.2) is 5.76 Å². The third-order valence-electron chi connectivity index (χ3n) is 2.84. The van der Waals surface area contributed by atoms with Crippen molar-refractivity contribution in [3.8, 4) is 5.75 Å². The number of carbonyl (C=O) groups excluding carboxylic acids is 2. The van der Waals surface area contributed by atoms with E-state index in [1.165, 1.54) is 18.4 Å². The summed E-state index contributed by atoms with van der Waals surface area (Å²) in [5.74, 6) is -1.41.